The fourth-order valence-electron chi connectivity index (χ4n) is 3.24. The van der Waals surface area contributed by atoms with Gasteiger partial charge in [0.25, 0.3) is 0 Å². The van der Waals surface area contributed by atoms with E-state index in [9.17, 15) is 13.6 Å². The number of carbonyl (C=O) groups excluding carboxylic acids is 1. The molecular formula is C19H25F2N5O. The zero-order chi connectivity index (χ0) is 19.4. The largest absolute Gasteiger partial charge is 0.333 e. The van der Waals surface area contributed by atoms with E-state index in [1.165, 1.54) is 6.07 Å². The van der Waals surface area contributed by atoms with Crippen LogP contribution in [-0.2, 0) is 6.54 Å². The van der Waals surface area contributed by atoms with E-state index >= 15 is 0 Å². The Bertz CT molecular complexity index is 764. The van der Waals surface area contributed by atoms with Gasteiger partial charge < -0.3 is 14.8 Å². The average Bonchev–Trinajstić information content (AvgIpc) is 3.12. The van der Waals surface area contributed by atoms with Crippen LogP contribution >= 0.6 is 0 Å². The van der Waals surface area contributed by atoms with Gasteiger partial charge in [0.1, 0.15) is 23.1 Å². The summed E-state index contributed by atoms with van der Waals surface area (Å²) in [5, 5.41) is 2.34. The molecule has 1 aliphatic rings. The highest BCUT2D eigenvalue weighted by molar-refractivity contribution is 5.89. The number of urea groups is 1. The predicted molar refractivity (Wildman–Crippen MR) is 99.7 cm³/mol. The minimum atomic E-state index is -0.775. The molecule has 0 atom stereocenters. The summed E-state index contributed by atoms with van der Waals surface area (Å²) in [5.41, 5.74) is -0.397. The van der Waals surface area contributed by atoms with Crippen molar-refractivity contribution in [1.29, 1.82) is 0 Å². The molecule has 0 unspecified atom stereocenters. The van der Waals surface area contributed by atoms with E-state index in [4.69, 9.17) is 0 Å². The molecule has 1 N–H and O–H groups in total. The van der Waals surface area contributed by atoms with Crippen molar-refractivity contribution >= 4 is 11.7 Å². The lowest BCUT2D eigenvalue weighted by atomic mass is 10.2. The van der Waals surface area contributed by atoms with Gasteiger partial charge in [-0.15, -0.1) is 0 Å². The molecular weight excluding hydrogens is 352 g/mol. The molecule has 0 saturated carbocycles. The highest BCUT2D eigenvalue weighted by Gasteiger charge is 2.23. The highest BCUT2D eigenvalue weighted by atomic mass is 19.1. The molecule has 3 rings (SSSR count). The van der Waals surface area contributed by atoms with Gasteiger partial charge in [0.2, 0.25) is 0 Å². The number of carbonyl (C=O) groups is 1. The topological polar surface area (TPSA) is 53.4 Å². The Balaban J connectivity index is 1.48. The molecule has 1 aromatic carbocycles. The molecule has 2 aromatic rings. The van der Waals surface area contributed by atoms with E-state index in [0.29, 0.717) is 19.0 Å². The third kappa shape index (κ3) is 4.63. The zero-order valence-electron chi connectivity index (χ0n) is 15.7. The summed E-state index contributed by atoms with van der Waals surface area (Å²) in [6.45, 7) is 8.43. The van der Waals surface area contributed by atoms with E-state index < -0.39 is 23.4 Å². The minimum Gasteiger partial charge on any atom is -0.333 e. The maximum Gasteiger partial charge on any atom is 0.322 e. The monoisotopic (exact) mass is 377 g/mol. The molecule has 146 valence electrons. The van der Waals surface area contributed by atoms with E-state index in [1.54, 1.807) is 4.90 Å². The normalized spacial score (nSPS) is 15.4. The molecule has 1 aromatic heterocycles. The Hall–Kier alpha value is -2.48. The lowest BCUT2D eigenvalue weighted by Crippen LogP contribution is -2.50. The van der Waals surface area contributed by atoms with Crippen LogP contribution in [0.4, 0.5) is 19.3 Å². The molecule has 0 bridgehead atoms. The smallest absolute Gasteiger partial charge is 0.322 e. The first-order valence-electron chi connectivity index (χ1n) is 9.19. The second kappa shape index (κ2) is 8.47. The Labute approximate surface area is 157 Å². The van der Waals surface area contributed by atoms with Crippen molar-refractivity contribution in [2.24, 2.45) is 0 Å². The molecule has 27 heavy (non-hydrogen) atoms. The number of amides is 2. The first-order chi connectivity index (χ1) is 13.0. The van der Waals surface area contributed by atoms with Crippen LogP contribution in [-0.4, -0.2) is 58.1 Å². The predicted octanol–water partition coefficient (Wildman–Crippen LogP) is 3.13. The summed E-state index contributed by atoms with van der Waals surface area (Å²) < 4.78 is 29.5. The summed E-state index contributed by atoms with van der Waals surface area (Å²) in [4.78, 5) is 20.5. The van der Waals surface area contributed by atoms with E-state index in [2.05, 4.69) is 33.6 Å². The van der Waals surface area contributed by atoms with Gasteiger partial charge in [-0.1, -0.05) is 19.9 Å². The van der Waals surface area contributed by atoms with Crippen LogP contribution in [0.5, 0.6) is 0 Å². The van der Waals surface area contributed by atoms with Gasteiger partial charge in [-0.25, -0.2) is 18.6 Å². The highest BCUT2D eigenvalue weighted by Crippen LogP contribution is 2.19. The summed E-state index contributed by atoms with van der Waals surface area (Å²) in [6, 6.07) is 3.04. The molecule has 0 radical (unpaired) electrons. The van der Waals surface area contributed by atoms with Crippen molar-refractivity contribution in [2.75, 3.05) is 38.0 Å². The van der Waals surface area contributed by atoms with Crippen molar-refractivity contribution in [3.05, 3.63) is 48.1 Å². The van der Waals surface area contributed by atoms with Crippen LogP contribution in [0, 0.1) is 11.6 Å². The molecule has 2 heterocycles. The first kappa shape index (κ1) is 19.3. The van der Waals surface area contributed by atoms with Crippen molar-refractivity contribution in [1.82, 2.24) is 19.4 Å². The van der Waals surface area contributed by atoms with E-state index in [1.807, 2.05) is 12.4 Å². The SMILES string of the molecule is CC(C)c1nccn1CCN1CCN(C(=O)Nc2c(F)cccc2F)CC1. The number of benzene rings is 1. The van der Waals surface area contributed by atoms with Gasteiger partial charge in [-0.2, -0.15) is 0 Å². The second-order valence-electron chi connectivity index (χ2n) is 6.99. The number of nitrogens with zero attached hydrogens (tertiary/aromatic N) is 4. The Morgan fingerprint density at radius 1 is 1.15 bits per heavy atom. The van der Waals surface area contributed by atoms with Gasteiger partial charge >= 0.3 is 6.03 Å². The van der Waals surface area contributed by atoms with Gasteiger partial charge in [-0.05, 0) is 12.1 Å². The first-order valence-corrected chi connectivity index (χ1v) is 9.19. The van der Waals surface area contributed by atoms with Gasteiger partial charge in [0, 0.05) is 57.6 Å². The van der Waals surface area contributed by atoms with Gasteiger partial charge in [-0.3, -0.25) is 4.90 Å². The molecule has 8 heteroatoms. The van der Waals surface area contributed by atoms with Crippen LogP contribution in [0.1, 0.15) is 25.6 Å². The van der Waals surface area contributed by atoms with Gasteiger partial charge in [0.05, 0.1) is 0 Å². The average molecular weight is 377 g/mol. The molecule has 0 aliphatic carbocycles. The Morgan fingerprint density at radius 2 is 1.81 bits per heavy atom. The molecule has 1 aliphatic heterocycles. The Morgan fingerprint density at radius 3 is 2.44 bits per heavy atom. The third-order valence-corrected chi connectivity index (χ3v) is 4.78. The molecule has 1 fully saturated rings. The maximum atomic E-state index is 13.7. The molecule has 6 nitrogen and oxygen atoms in total. The quantitative estimate of drug-likeness (QED) is 0.871. The molecule has 0 spiro atoms. The molecule has 2 amide bonds. The number of anilines is 1. The van der Waals surface area contributed by atoms with E-state index in [0.717, 1.165) is 44.1 Å². The summed E-state index contributed by atoms with van der Waals surface area (Å²) in [5.74, 6) is -0.106. The number of piperazine rings is 1. The van der Waals surface area contributed by atoms with Crippen molar-refractivity contribution in [2.45, 2.75) is 26.3 Å². The lowest BCUT2D eigenvalue weighted by Gasteiger charge is -2.34. The fourth-order valence-corrected chi connectivity index (χ4v) is 3.24. The van der Waals surface area contributed by atoms with Crippen LogP contribution in [0.2, 0.25) is 0 Å². The number of para-hydroxylation sites is 1. The summed E-state index contributed by atoms with van der Waals surface area (Å²) in [7, 11) is 0. The number of hydrogen-bond acceptors (Lipinski definition) is 3. The Kier molecular flexibility index (Phi) is 6.05. The summed E-state index contributed by atoms with van der Waals surface area (Å²) in [6.07, 6.45) is 3.81. The second-order valence-corrected chi connectivity index (χ2v) is 6.99. The van der Waals surface area contributed by atoms with Crippen molar-refractivity contribution in [3.8, 4) is 0 Å². The number of aromatic nitrogens is 2. The number of imidazole rings is 1. The standard InChI is InChI=1S/C19H25F2N5O/c1-14(2)18-22-6-7-25(18)11-8-24-9-12-26(13-10-24)19(27)23-17-15(20)4-3-5-16(17)21/h3-7,14H,8-13H2,1-2H3,(H,23,27). The van der Waals surface area contributed by atoms with Crippen LogP contribution < -0.4 is 5.32 Å². The number of rotatable bonds is 5. The van der Waals surface area contributed by atoms with Crippen LogP contribution in [0.3, 0.4) is 0 Å². The van der Waals surface area contributed by atoms with Crippen LogP contribution in [0.15, 0.2) is 30.6 Å². The maximum absolute atomic E-state index is 13.7. The molecule has 1 saturated heterocycles. The fraction of sp³-hybridized carbons (Fsp3) is 0.474. The minimum absolute atomic E-state index is 0.374. The van der Waals surface area contributed by atoms with Crippen molar-refractivity contribution < 1.29 is 13.6 Å². The van der Waals surface area contributed by atoms with Crippen molar-refractivity contribution in [3.63, 3.8) is 0 Å². The number of nitrogens with one attached hydrogen (secondary N) is 1. The third-order valence-electron chi connectivity index (χ3n) is 4.78. The zero-order valence-corrected chi connectivity index (χ0v) is 15.7. The number of hydrogen-bond donors (Lipinski definition) is 1. The van der Waals surface area contributed by atoms with E-state index in [-0.39, 0.29) is 0 Å². The summed E-state index contributed by atoms with van der Waals surface area (Å²) >= 11 is 0. The van der Waals surface area contributed by atoms with Gasteiger partial charge in [0.15, 0.2) is 0 Å². The number of halogens is 2. The lowest BCUT2D eigenvalue weighted by molar-refractivity contribution is 0.144. The van der Waals surface area contributed by atoms with Crippen LogP contribution in [0.25, 0.3) is 0 Å².